The highest BCUT2D eigenvalue weighted by atomic mass is 16.6. The normalized spacial score (nSPS) is 56.9. The molecule has 4 heteroatoms. The van der Waals surface area contributed by atoms with Gasteiger partial charge in [0.1, 0.15) is 0 Å². The highest BCUT2D eigenvalue weighted by molar-refractivity contribution is 5.10. The van der Waals surface area contributed by atoms with Crippen LogP contribution in [0, 0.1) is 44.6 Å². The molecular weight excluding hydrogens is 302 g/mol. The minimum absolute atomic E-state index is 0.0193. The van der Waals surface area contributed by atoms with Crippen molar-refractivity contribution in [2.24, 2.45) is 34.5 Å². The van der Waals surface area contributed by atoms with E-state index in [1.54, 1.807) is 0 Å². The van der Waals surface area contributed by atoms with Crippen LogP contribution in [0.3, 0.4) is 0 Å². The van der Waals surface area contributed by atoms with Gasteiger partial charge in [-0.15, -0.1) is 0 Å². The quantitative estimate of drug-likeness (QED) is 0.569. The minimum Gasteiger partial charge on any atom is -0.390 e. The molecule has 8 atom stereocenters. The molecular formula is C20H33NO3. The molecule has 136 valence electrons. The van der Waals surface area contributed by atoms with E-state index in [0.717, 1.165) is 50.9 Å². The van der Waals surface area contributed by atoms with Crippen molar-refractivity contribution in [2.75, 3.05) is 0 Å². The molecule has 4 saturated carbocycles. The molecule has 4 nitrogen and oxygen atoms in total. The lowest BCUT2D eigenvalue weighted by Gasteiger charge is -2.61. The molecule has 0 aliphatic heterocycles. The number of hydrogen-bond acceptors (Lipinski definition) is 3. The SMILES string of the molecule is C[C@@]1(O)CC[C@]2(C)C3CC[C@@]4(C)C(CC[C@@H]4[N+](=O)[O-])C3CC[C@H]2C1. The Labute approximate surface area is 145 Å². The molecule has 0 aromatic rings. The summed E-state index contributed by atoms with van der Waals surface area (Å²) >= 11 is 0. The second-order valence-corrected chi connectivity index (χ2v) is 10.3. The Morgan fingerprint density at radius 2 is 1.62 bits per heavy atom. The van der Waals surface area contributed by atoms with Gasteiger partial charge >= 0.3 is 0 Å². The van der Waals surface area contributed by atoms with Gasteiger partial charge in [-0.1, -0.05) is 13.8 Å². The Bertz CT molecular complexity index is 547. The summed E-state index contributed by atoms with van der Waals surface area (Å²) < 4.78 is 0. The van der Waals surface area contributed by atoms with Gasteiger partial charge in [-0.3, -0.25) is 10.1 Å². The van der Waals surface area contributed by atoms with E-state index in [1.165, 1.54) is 12.8 Å². The Hall–Kier alpha value is -0.640. The summed E-state index contributed by atoms with van der Waals surface area (Å²) in [7, 11) is 0. The zero-order chi connectivity index (χ0) is 17.3. The van der Waals surface area contributed by atoms with Gasteiger partial charge in [0.15, 0.2) is 0 Å². The van der Waals surface area contributed by atoms with Gasteiger partial charge in [-0.05, 0) is 87.4 Å². The summed E-state index contributed by atoms with van der Waals surface area (Å²) in [4.78, 5) is 11.6. The summed E-state index contributed by atoms with van der Waals surface area (Å²) in [6.07, 6.45) is 9.48. The van der Waals surface area contributed by atoms with Crippen LogP contribution in [0.1, 0.15) is 78.6 Å². The lowest BCUT2D eigenvalue weighted by molar-refractivity contribution is -0.540. The monoisotopic (exact) mass is 335 g/mol. The standard InChI is InChI=1S/C20H33NO3/c1-18(22)10-11-19(2)13(12-18)4-5-14-15-6-7-17(21(23)24)20(15,3)9-8-16(14)19/h13-17,22H,4-12H2,1-3H3/t13-,14?,15?,16?,17-,18+,19-,20-/m0/s1. The summed E-state index contributed by atoms with van der Waals surface area (Å²) in [5.74, 6) is 2.58. The zero-order valence-electron chi connectivity index (χ0n) is 15.5. The molecule has 0 spiro atoms. The summed E-state index contributed by atoms with van der Waals surface area (Å²) in [5.41, 5.74) is -0.211. The van der Waals surface area contributed by atoms with Crippen molar-refractivity contribution in [3.05, 3.63) is 10.1 Å². The van der Waals surface area contributed by atoms with Crippen LogP contribution < -0.4 is 0 Å². The lowest BCUT2D eigenvalue weighted by atomic mass is 9.44. The third kappa shape index (κ3) is 2.21. The van der Waals surface area contributed by atoms with Crippen molar-refractivity contribution in [3.63, 3.8) is 0 Å². The maximum atomic E-state index is 11.6. The van der Waals surface area contributed by atoms with Crippen molar-refractivity contribution in [2.45, 2.75) is 90.2 Å². The molecule has 24 heavy (non-hydrogen) atoms. The van der Waals surface area contributed by atoms with Crippen LogP contribution in [-0.4, -0.2) is 21.7 Å². The molecule has 0 amide bonds. The van der Waals surface area contributed by atoms with Gasteiger partial charge in [0, 0.05) is 16.8 Å². The maximum Gasteiger partial charge on any atom is 0.218 e. The molecule has 0 bridgehead atoms. The van der Waals surface area contributed by atoms with Crippen LogP contribution in [0.15, 0.2) is 0 Å². The number of rotatable bonds is 1. The molecule has 3 unspecified atom stereocenters. The first-order valence-electron chi connectivity index (χ1n) is 10.0. The van der Waals surface area contributed by atoms with E-state index in [4.69, 9.17) is 0 Å². The third-order valence-electron chi connectivity index (χ3n) is 9.16. The maximum absolute atomic E-state index is 11.6. The Kier molecular flexibility index (Phi) is 3.63. The second-order valence-electron chi connectivity index (χ2n) is 10.3. The molecule has 1 N–H and O–H groups in total. The fraction of sp³-hybridized carbons (Fsp3) is 1.00. The lowest BCUT2D eigenvalue weighted by Crippen LogP contribution is -2.56. The predicted octanol–water partition coefficient (Wildman–Crippen LogP) is 4.43. The summed E-state index contributed by atoms with van der Waals surface area (Å²) in [6, 6.07) is -0.318. The van der Waals surface area contributed by atoms with Crippen LogP contribution in [0.25, 0.3) is 0 Å². The Balaban J connectivity index is 1.61. The number of aliphatic hydroxyl groups is 1. The van der Waals surface area contributed by atoms with Crippen LogP contribution in [-0.2, 0) is 0 Å². The Morgan fingerprint density at radius 1 is 0.917 bits per heavy atom. The average Bonchev–Trinajstić information content (AvgIpc) is 2.85. The van der Waals surface area contributed by atoms with Gasteiger partial charge in [-0.2, -0.15) is 0 Å². The van der Waals surface area contributed by atoms with E-state index in [1.807, 2.05) is 6.92 Å². The van der Waals surface area contributed by atoms with E-state index in [9.17, 15) is 15.2 Å². The topological polar surface area (TPSA) is 63.4 Å². The largest absolute Gasteiger partial charge is 0.390 e. The minimum atomic E-state index is -0.482. The van der Waals surface area contributed by atoms with E-state index >= 15 is 0 Å². The fourth-order valence-corrected chi connectivity index (χ4v) is 7.75. The van der Waals surface area contributed by atoms with Crippen molar-refractivity contribution in [3.8, 4) is 0 Å². The first kappa shape index (κ1) is 16.8. The molecule has 0 aromatic carbocycles. The summed E-state index contributed by atoms with van der Waals surface area (Å²) in [6.45, 7) is 6.70. The first-order valence-corrected chi connectivity index (χ1v) is 10.0. The smallest absolute Gasteiger partial charge is 0.218 e. The third-order valence-corrected chi connectivity index (χ3v) is 9.16. The molecule has 0 saturated heterocycles. The van der Waals surface area contributed by atoms with E-state index in [2.05, 4.69) is 13.8 Å². The van der Waals surface area contributed by atoms with Crippen molar-refractivity contribution < 1.29 is 10.0 Å². The van der Waals surface area contributed by atoms with Crippen LogP contribution in [0.5, 0.6) is 0 Å². The fourth-order valence-electron chi connectivity index (χ4n) is 7.75. The molecule has 4 aliphatic carbocycles. The van der Waals surface area contributed by atoms with Crippen LogP contribution in [0.4, 0.5) is 0 Å². The molecule has 0 radical (unpaired) electrons. The Morgan fingerprint density at radius 3 is 2.33 bits per heavy atom. The molecule has 0 aromatic heterocycles. The van der Waals surface area contributed by atoms with E-state index < -0.39 is 5.60 Å². The highest BCUT2D eigenvalue weighted by Crippen LogP contribution is 2.67. The predicted molar refractivity (Wildman–Crippen MR) is 93.1 cm³/mol. The number of hydrogen-bond donors (Lipinski definition) is 1. The van der Waals surface area contributed by atoms with Gasteiger partial charge in [0.2, 0.25) is 6.04 Å². The highest BCUT2D eigenvalue weighted by Gasteiger charge is 2.63. The number of fused-ring (bicyclic) bond motifs is 5. The number of nitro groups is 1. The summed E-state index contributed by atoms with van der Waals surface area (Å²) in [5, 5.41) is 22.1. The van der Waals surface area contributed by atoms with Crippen molar-refractivity contribution in [1.82, 2.24) is 0 Å². The molecule has 4 rings (SSSR count). The second kappa shape index (κ2) is 5.18. The molecule has 0 heterocycles. The van der Waals surface area contributed by atoms with Gasteiger partial charge in [0.25, 0.3) is 0 Å². The van der Waals surface area contributed by atoms with Gasteiger partial charge < -0.3 is 5.11 Å². The molecule has 4 fully saturated rings. The van der Waals surface area contributed by atoms with Crippen molar-refractivity contribution in [1.29, 1.82) is 0 Å². The van der Waals surface area contributed by atoms with Gasteiger partial charge in [-0.25, -0.2) is 0 Å². The van der Waals surface area contributed by atoms with Gasteiger partial charge in [0.05, 0.1) is 5.60 Å². The first-order chi connectivity index (χ1) is 11.2. The number of nitrogens with zero attached hydrogens (tertiary/aromatic N) is 1. The zero-order valence-corrected chi connectivity index (χ0v) is 15.5. The van der Waals surface area contributed by atoms with Crippen LogP contribution in [0.2, 0.25) is 0 Å². The van der Waals surface area contributed by atoms with E-state index in [-0.39, 0.29) is 16.4 Å². The average molecular weight is 335 g/mol. The molecule has 4 aliphatic rings. The van der Waals surface area contributed by atoms with Crippen LogP contribution >= 0.6 is 0 Å². The van der Waals surface area contributed by atoms with E-state index in [0.29, 0.717) is 23.2 Å². The van der Waals surface area contributed by atoms with Crippen molar-refractivity contribution >= 4 is 0 Å².